The number of rotatable bonds is 4. The maximum atomic E-state index is 11.5. The van der Waals surface area contributed by atoms with Gasteiger partial charge in [-0.15, -0.1) is 0 Å². The predicted octanol–water partition coefficient (Wildman–Crippen LogP) is 1.13. The lowest BCUT2D eigenvalue weighted by molar-refractivity contribution is -0.151. The van der Waals surface area contributed by atoms with Gasteiger partial charge in [0.25, 0.3) is 0 Å². The maximum Gasteiger partial charge on any atom is 0.313 e. The highest BCUT2D eigenvalue weighted by Gasteiger charge is 2.43. The summed E-state index contributed by atoms with van der Waals surface area (Å²) >= 11 is 0. The third-order valence-corrected chi connectivity index (χ3v) is 4.36. The van der Waals surface area contributed by atoms with Crippen LogP contribution < -0.4 is 4.74 Å². The number of carboxylic acid groups (broad SMARTS) is 1. The van der Waals surface area contributed by atoms with E-state index in [-0.39, 0.29) is 18.8 Å². The first kappa shape index (κ1) is 13.9. The molecular weight excluding hydrogens is 268 g/mol. The van der Waals surface area contributed by atoms with Crippen molar-refractivity contribution in [1.82, 2.24) is 0 Å². The van der Waals surface area contributed by atoms with E-state index in [1.807, 2.05) is 18.2 Å². The van der Waals surface area contributed by atoms with Crippen LogP contribution in [0.4, 0.5) is 0 Å². The summed E-state index contributed by atoms with van der Waals surface area (Å²) in [6.45, 7) is 0.00880. The van der Waals surface area contributed by atoms with E-state index in [1.165, 1.54) is 0 Å². The van der Waals surface area contributed by atoms with Crippen LogP contribution in [0.25, 0.3) is 0 Å². The first-order valence-electron chi connectivity index (χ1n) is 5.94. The molecule has 1 aliphatic rings. The van der Waals surface area contributed by atoms with Gasteiger partial charge in [0.1, 0.15) is 27.6 Å². The lowest BCUT2D eigenvalue weighted by atomic mass is 9.78. The minimum Gasteiger partial charge on any atom is -0.492 e. The highest BCUT2D eigenvalue weighted by molar-refractivity contribution is 7.90. The molecule has 0 fully saturated rings. The van der Waals surface area contributed by atoms with Gasteiger partial charge in [-0.25, -0.2) is 8.42 Å². The van der Waals surface area contributed by atoms with E-state index in [9.17, 15) is 18.3 Å². The van der Waals surface area contributed by atoms with Crippen LogP contribution in [0, 0.1) is 5.41 Å². The Labute approximate surface area is 112 Å². The van der Waals surface area contributed by atoms with Crippen molar-refractivity contribution in [3.63, 3.8) is 0 Å². The number of hydrogen-bond donors (Lipinski definition) is 1. The van der Waals surface area contributed by atoms with Crippen LogP contribution in [0.2, 0.25) is 0 Å². The number of sulfone groups is 1. The first-order chi connectivity index (χ1) is 8.82. The van der Waals surface area contributed by atoms with E-state index in [0.29, 0.717) is 12.2 Å². The summed E-state index contributed by atoms with van der Waals surface area (Å²) in [7, 11) is -3.19. The summed E-state index contributed by atoms with van der Waals surface area (Å²) in [6, 6.07) is 7.24. The normalized spacial score (nSPS) is 22.4. The van der Waals surface area contributed by atoms with Gasteiger partial charge in [0.2, 0.25) is 0 Å². The Morgan fingerprint density at radius 2 is 2.11 bits per heavy atom. The minimum absolute atomic E-state index is 0.00880. The number of carbonyl (C=O) groups is 1. The van der Waals surface area contributed by atoms with Gasteiger partial charge >= 0.3 is 5.97 Å². The molecule has 6 heteroatoms. The molecule has 1 unspecified atom stereocenters. The maximum absolute atomic E-state index is 11.5. The molecule has 0 aromatic heterocycles. The van der Waals surface area contributed by atoms with Gasteiger partial charge in [-0.2, -0.15) is 0 Å². The molecule has 1 aromatic rings. The number of benzene rings is 1. The first-order valence-corrected chi connectivity index (χ1v) is 8.00. The molecule has 0 aliphatic carbocycles. The average Bonchev–Trinajstić information content (AvgIpc) is 2.35. The monoisotopic (exact) mass is 284 g/mol. The molecule has 0 bridgehead atoms. The number of carboxylic acids is 1. The molecule has 0 saturated carbocycles. The van der Waals surface area contributed by atoms with E-state index < -0.39 is 21.2 Å². The van der Waals surface area contributed by atoms with Crippen LogP contribution >= 0.6 is 0 Å². The molecule has 0 saturated heterocycles. The molecule has 0 spiro atoms. The molecular formula is C13H16O5S. The highest BCUT2D eigenvalue weighted by Crippen LogP contribution is 2.37. The average molecular weight is 284 g/mol. The molecule has 1 aromatic carbocycles. The number of aliphatic carboxylic acids is 1. The molecule has 19 heavy (non-hydrogen) atoms. The summed E-state index contributed by atoms with van der Waals surface area (Å²) < 4.78 is 28.0. The molecule has 5 nitrogen and oxygen atoms in total. The van der Waals surface area contributed by atoms with Gasteiger partial charge in [-0.05, 0) is 24.5 Å². The van der Waals surface area contributed by atoms with E-state index in [4.69, 9.17) is 4.74 Å². The second-order valence-electron chi connectivity index (χ2n) is 5.04. The minimum atomic E-state index is -3.19. The predicted molar refractivity (Wildman–Crippen MR) is 70.0 cm³/mol. The molecule has 0 radical (unpaired) electrons. The molecule has 104 valence electrons. The second kappa shape index (κ2) is 4.85. The van der Waals surface area contributed by atoms with Crippen LogP contribution in [0.5, 0.6) is 5.75 Å². The van der Waals surface area contributed by atoms with Gasteiger partial charge in [0.15, 0.2) is 0 Å². The molecule has 1 heterocycles. The van der Waals surface area contributed by atoms with E-state index >= 15 is 0 Å². The standard InChI is InChI=1S/C13H16O5S/c1-19(16,17)7-6-13(12(14)15)8-10-4-2-3-5-11(10)18-9-13/h2-5H,6-9H2,1H3,(H,14,15). The summed E-state index contributed by atoms with van der Waals surface area (Å²) in [5.41, 5.74) is -0.345. The fourth-order valence-electron chi connectivity index (χ4n) is 2.21. The Kier molecular flexibility index (Phi) is 3.54. The van der Waals surface area contributed by atoms with Crippen LogP contribution in [0.3, 0.4) is 0 Å². The van der Waals surface area contributed by atoms with Crippen molar-refractivity contribution in [2.75, 3.05) is 18.6 Å². The second-order valence-corrected chi connectivity index (χ2v) is 7.30. The number of para-hydroxylation sites is 1. The fourth-order valence-corrected chi connectivity index (χ4v) is 2.97. The lowest BCUT2D eigenvalue weighted by Crippen LogP contribution is -2.43. The summed E-state index contributed by atoms with van der Waals surface area (Å²) in [6.07, 6.45) is 1.48. The Hall–Kier alpha value is -1.56. The SMILES string of the molecule is CS(=O)(=O)CCC1(C(=O)O)COc2ccccc2C1. The molecule has 1 atom stereocenters. The Morgan fingerprint density at radius 3 is 2.74 bits per heavy atom. The van der Waals surface area contributed by atoms with Gasteiger partial charge in [0.05, 0.1) is 5.75 Å². The zero-order valence-corrected chi connectivity index (χ0v) is 11.4. The topological polar surface area (TPSA) is 80.7 Å². The third-order valence-electron chi connectivity index (χ3n) is 3.41. The summed E-state index contributed by atoms with van der Waals surface area (Å²) in [4.78, 5) is 11.5. The lowest BCUT2D eigenvalue weighted by Gasteiger charge is -2.34. The van der Waals surface area contributed by atoms with Crippen molar-refractivity contribution < 1.29 is 23.1 Å². The van der Waals surface area contributed by atoms with Crippen LogP contribution in [-0.4, -0.2) is 38.1 Å². The zero-order chi connectivity index (χ0) is 14.1. The van der Waals surface area contributed by atoms with Crippen LogP contribution in [-0.2, 0) is 21.1 Å². The quantitative estimate of drug-likeness (QED) is 0.896. The zero-order valence-electron chi connectivity index (χ0n) is 10.6. The van der Waals surface area contributed by atoms with E-state index in [2.05, 4.69) is 0 Å². The van der Waals surface area contributed by atoms with Gasteiger partial charge in [-0.1, -0.05) is 18.2 Å². The Bertz CT molecular complexity index is 593. The van der Waals surface area contributed by atoms with Gasteiger partial charge in [0, 0.05) is 6.26 Å². The van der Waals surface area contributed by atoms with Crippen molar-refractivity contribution in [2.24, 2.45) is 5.41 Å². The van der Waals surface area contributed by atoms with E-state index in [1.54, 1.807) is 6.07 Å². The number of fused-ring (bicyclic) bond motifs is 1. The highest BCUT2D eigenvalue weighted by atomic mass is 32.2. The van der Waals surface area contributed by atoms with Crippen molar-refractivity contribution in [1.29, 1.82) is 0 Å². The van der Waals surface area contributed by atoms with Crippen LogP contribution in [0.15, 0.2) is 24.3 Å². The van der Waals surface area contributed by atoms with Crippen LogP contribution in [0.1, 0.15) is 12.0 Å². The Balaban J connectivity index is 2.26. The molecule has 2 rings (SSSR count). The Morgan fingerprint density at radius 1 is 1.42 bits per heavy atom. The van der Waals surface area contributed by atoms with Gasteiger partial charge < -0.3 is 9.84 Å². The molecule has 1 aliphatic heterocycles. The molecule has 0 amide bonds. The van der Waals surface area contributed by atoms with Crippen molar-refractivity contribution >= 4 is 15.8 Å². The van der Waals surface area contributed by atoms with Crippen molar-refractivity contribution in [2.45, 2.75) is 12.8 Å². The third kappa shape index (κ3) is 3.07. The number of hydrogen-bond acceptors (Lipinski definition) is 4. The summed E-state index contributed by atoms with van der Waals surface area (Å²) in [5.74, 6) is -0.477. The molecule has 1 N–H and O–H groups in total. The summed E-state index contributed by atoms with van der Waals surface area (Å²) in [5, 5.41) is 9.44. The van der Waals surface area contributed by atoms with Crippen molar-refractivity contribution in [3.8, 4) is 5.75 Å². The van der Waals surface area contributed by atoms with E-state index in [0.717, 1.165) is 11.8 Å². The van der Waals surface area contributed by atoms with Gasteiger partial charge in [-0.3, -0.25) is 4.79 Å². The fraction of sp³-hybridized carbons (Fsp3) is 0.462. The smallest absolute Gasteiger partial charge is 0.313 e. The largest absolute Gasteiger partial charge is 0.492 e. The van der Waals surface area contributed by atoms with Crippen molar-refractivity contribution in [3.05, 3.63) is 29.8 Å². The number of ether oxygens (including phenoxy) is 1.